The van der Waals surface area contributed by atoms with Gasteiger partial charge in [0.25, 0.3) is 0 Å². The van der Waals surface area contributed by atoms with Crippen LogP contribution in [0, 0.1) is 93.1 Å². The number of benzene rings is 24. The minimum atomic E-state index is -1.14. The summed E-state index contributed by atoms with van der Waals surface area (Å²) in [4.78, 5) is 6.32. The first-order valence-electron chi connectivity index (χ1n) is 47.0. The molecular weight excluding hydrogens is 1900 g/mol. The van der Waals surface area contributed by atoms with Crippen molar-refractivity contribution in [3.05, 3.63) is 530 Å². The van der Waals surface area contributed by atoms with Crippen LogP contribution in [-0.4, -0.2) is 0 Å². The summed E-state index contributed by atoms with van der Waals surface area (Å²) in [6.07, 6.45) is 0. The highest BCUT2D eigenvalue weighted by Gasteiger charge is 2.32. The lowest BCUT2D eigenvalue weighted by atomic mass is 9.91. The maximum atomic E-state index is 16.6. The third-order valence-electron chi connectivity index (χ3n) is 26.8. The van der Waals surface area contributed by atoms with Crippen LogP contribution in [0.5, 0.6) is 0 Å². The first-order valence-corrected chi connectivity index (χ1v) is 47.0. The molecule has 0 bridgehead atoms. The van der Waals surface area contributed by atoms with Crippen molar-refractivity contribution in [3.63, 3.8) is 0 Å². The second-order valence-electron chi connectivity index (χ2n) is 36.0. The summed E-state index contributed by atoms with van der Waals surface area (Å²) >= 11 is 0. The Morgan fingerprint density at radius 3 is 0.520 bits per heavy atom. The van der Waals surface area contributed by atoms with Crippen LogP contribution in [0.2, 0.25) is 0 Å². The largest absolute Gasteiger partial charge is 0.307 e. The van der Waals surface area contributed by atoms with Crippen molar-refractivity contribution in [2.45, 2.75) is 0 Å². The van der Waals surface area contributed by atoms with Crippen LogP contribution in [0.15, 0.2) is 437 Å². The van der Waals surface area contributed by atoms with Crippen molar-refractivity contribution in [3.8, 4) is 89.0 Å². The van der Waals surface area contributed by atoms with Crippen LogP contribution in [0.25, 0.3) is 154 Å². The van der Waals surface area contributed by atoms with Gasteiger partial charge in [0, 0.05) is 56.4 Å². The molecule has 0 spiro atoms. The maximum Gasteiger partial charge on any atom is 0.182 e. The highest BCUT2D eigenvalue weighted by Crippen LogP contribution is 2.55. The zero-order valence-corrected chi connectivity index (χ0v) is 77.4. The maximum absolute atomic E-state index is 16.6. The third kappa shape index (κ3) is 17.7. The van der Waals surface area contributed by atoms with E-state index in [1.807, 2.05) is 72.8 Å². The van der Waals surface area contributed by atoms with Crippen LogP contribution in [0.4, 0.5) is 138 Å². The standard InChI is InChI=1S/2C64H36F8N2/c65-47-11-1-7-39(29-47)43-27-44(40-8-2-12-48(66)30-40)34-51(33-43)73(59-17-5-15-55(69)63(59)71)57-25-21-37-20-24-54-58(26-22-38-19-23-53(57)61(37)62(38)54)74(60-18-6-16-56(70)64(60)72)52-35-45(41-9-3-13-49(67)31-41)28-46(36-52)42-10-4-14-50(68)32-42;65-47-9-1-5-39(27-47)43-25-44(40-6-2-10-48(66)28-40)32-53(31-43)73(61-35-51(69)17-21-57(61)71)59-23-15-37-14-20-56-60(24-16-38-13-19-55(59)63(37)64(38)56)74(62-36-52(70)18-22-58(62)72)54-33-45(41-7-3-11-49(67)29-41)26-46(34-54)42-8-4-12-50(68)30-42/h2*1-36H. The van der Waals surface area contributed by atoms with Gasteiger partial charge < -0.3 is 19.6 Å². The number of halogens is 16. The summed E-state index contributed by atoms with van der Waals surface area (Å²) in [5, 5.41) is 8.20. The molecule has 24 aromatic carbocycles. The topological polar surface area (TPSA) is 13.0 Å². The van der Waals surface area contributed by atoms with Gasteiger partial charge in [0.15, 0.2) is 23.3 Å². The van der Waals surface area contributed by atoms with E-state index in [-0.39, 0.29) is 22.7 Å². The van der Waals surface area contributed by atoms with E-state index in [4.69, 9.17) is 0 Å². The Hall–Kier alpha value is -18.6. The van der Waals surface area contributed by atoms with Gasteiger partial charge in [-0.05, 0) is 375 Å². The average Bonchev–Trinajstić information content (AvgIpc) is 0.717. The fourth-order valence-electron chi connectivity index (χ4n) is 20.2. The molecule has 20 heteroatoms. The molecular formula is C128H72F16N4. The van der Waals surface area contributed by atoms with Gasteiger partial charge in [-0.25, -0.2) is 70.2 Å². The molecule has 24 rings (SSSR count). The van der Waals surface area contributed by atoms with Gasteiger partial charge in [-0.3, -0.25) is 0 Å². The molecule has 0 aromatic heterocycles. The molecule has 0 aliphatic carbocycles. The first kappa shape index (κ1) is 93.1. The molecule has 0 atom stereocenters. The van der Waals surface area contributed by atoms with Crippen molar-refractivity contribution in [1.82, 2.24) is 0 Å². The molecule has 0 fully saturated rings. The van der Waals surface area contributed by atoms with E-state index in [2.05, 4.69) is 0 Å². The second-order valence-corrected chi connectivity index (χ2v) is 36.0. The molecule has 0 aliphatic heterocycles. The quantitative estimate of drug-likeness (QED) is 0.0557. The molecule has 0 amide bonds. The Balaban J connectivity index is 0.000000163. The number of nitrogens with zero attached hydrogens (tertiary/aromatic N) is 4. The number of anilines is 12. The molecule has 0 heterocycles. The Kier molecular flexibility index (Phi) is 24.1. The van der Waals surface area contributed by atoms with Gasteiger partial charge in [-0.1, -0.05) is 182 Å². The lowest BCUT2D eigenvalue weighted by Crippen LogP contribution is -2.14. The predicted octanol–water partition coefficient (Wildman–Crippen LogP) is 38.6. The van der Waals surface area contributed by atoms with Crippen LogP contribution in [-0.2, 0) is 0 Å². The molecule has 4 nitrogen and oxygen atoms in total. The summed E-state index contributed by atoms with van der Waals surface area (Å²) < 4.78 is 248. The molecule has 0 N–H and O–H groups in total. The summed E-state index contributed by atoms with van der Waals surface area (Å²) in [5.41, 5.74) is 10.4. The summed E-state index contributed by atoms with van der Waals surface area (Å²) in [6.45, 7) is 0. The minimum absolute atomic E-state index is 0.151. The van der Waals surface area contributed by atoms with E-state index in [1.165, 1.54) is 121 Å². The van der Waals surface area contributed by atoms with Crippen LogP contribution in [0.1, 0.15) is 0 Å². The van der Waals surface area contributed by atoms with E-state index in [0.717, 1.165) is 70.1 Å². The number of hydrogen-bond donors (Lipinski definition) is 0. The molecule has 24 aromatic rings. The van der Waals surface area contributed by atoms with Crippen LogP contribution >= 0.6 is 0 Å². The molecule has 0 unspecified atom stereocenters. The summed E-state index contributed by atoms with van der Waals surface area (Å²) in [7, 11) is 0. The summed E-state index contributed by atoms with van der Waals surface area (Å²) in [5.74, 6) is -11.4. The van der Waals surface area contributed by atoms with Gasteiger partial charge in [0.05, 0.1) is 45.5 Å². The Bertz CT molecular complexity index is 8190. The van der Waals surface area contributed by atoms with E-state index < -0.39 is 93.1 Å². The van der Waals surface area contributed by atoms with E-state index in [1.54, 1.807) is 214 Å². The van der Waals surface area contributed by atoms with E-state index in [9.17, 15) is 35.1 Å². The zero-order chi connectivity index (χ0) is 102. The fourth-order valence-corrected chi connectivity index (χ4v) is 20.2. The third-order valence-corrected chi connectivity index (χ3v) is 26.8. The molecule has 0 aliphatic rings. The van der Waals surface area contributed by atoms with Gasteiger partial charge in [0.1, 0.15) is 69.8 Å². The van der Waals surface area contributed by atoms with Crippen molar-refractivity contribution < 1.29 is 70.2 Å². The van der Waals surface area contributed by atoms with Crippen LogP contribution < -0.4 is 19.6 Å². The number of hydrogen-bond acceptors (Lipinski definition) is 4. The highest BCUT2D eigenvalue weighted by atomic mass is 19.2. The van der Waals surface area contributed by atoms with E-state index >= 15 is 35.1 Å². The Morgan fingerprint density at radius 1 is 0.122 bits per heavy atom. The number of rotatable bonds is 20. The van der Waals surface area contributed by atoms with Gasteiger partial charge in [0.2, 0.25) is 0 Å². The SMILES string of the molecule is Fc1cccc(-c2cc(-c3cccc(F)c3)cc(N(c3cc(F)ccc3F)c3ccc4ccc5c(N(c6cc(-c7cccc(F)c7)cc(-c7cccc(F)c7)c6)c6cc(F)ccc6F)ccc6ccc3c4c65)c2)c1.Fc1cccc(-c2cc(-c3cccc(F)c3)cc(N(c3cccc(F)c3F)c3ccc4ccc5c(N(c6cc(-c7cccc(F)c7)cc(-c7cccc(F)c7)c6)c6cccc(F)c6F)ccc6ccc3c4c65)c2)c1. The Morgan fingerprint density at radius 2 is 0.311 bits per heavy atom. The van der Waals surface area contributed by atoms with Crippen molar-refractivity contribution in [2.24, 2.45) is 0 Å². The predicted molar refractivity (Wildman–Crippen MR) is 562 cm³/mol. The van der Waals surface area contributed by atoms with Crippen molar-refractivity contribution >= 4 is 133 Å². The highest BCUT2D eigenvalue weighted by molar-refractivity contribution is 6.30. The zero-order valence-electron chi connectivity index (χ0n) is 77.4. The van der Waals surface area contributed by atoms with Gasteiger partial charge >= 0.3 is 0 Å². The molecule has 0 radical (unpaired) electrons. The lowest BCUT2D eigenvalue weighted by molar-refractivity contribution is 0.510. The van der Waals surface area contributed by atoms with Gasteiger partial charge in [-0.2, -0.15) is 0 Å². The van der Waals surface area contributed by atoms with Gasteiger partial charge in [-0.15, -0.1) is 0 Å². The second kappa shape index (κ2) is 38.3. The molecule has 0 saturated carbocycles. The fraction of sp³-hybridized carbons (Fsp3) is 0. The molecule has 0 saturated heterocycles. The van der Waals surface area contributed by atoms with Crippen molar-refractivity contribution in [2.75, 3.05) is 19.6 Å². The van der Waals surface area contributed by atoms with Crippen LogP contribution in [0.3, 0.4) is 0 Å². The Labute approximate surface area is 836 Å². The normalized spacial score (nSPS) is 11.5. The van der Waals surface area contributed by atoms with E-state index in [0.29, 0.717) is 178 Å². The average molecular weight is 1970 g/mol. The first-order chi connectivity index (χ1) is 71.9. The smallest absolute Gasteiger partial charge is 0.182 e. The lowest BCUT2D eigenvalue weighted by Gasteiger charge is -2.30. The van der Waals surface area contributed by atoms with Crippen molar-refractivity contribution in [1.29, 1.82) is 0 Å². The minimum Gasteiger partial charge on any atom is -0.307 e. The monoisotopic (exact) mass is 1970 g/mol. The molecule has 148 heavy (non-hydrogen) atoms. The molecule has 716 valence electrons. The summed E-state index contributed by atoms with van der Waals surface area (Å²) in [6, 6.07) is 112.